The molecule has 0 spiro atoms. The molecule has 0 bridgehead atoms. The highest BCUT2D eigenvalue weighted by Gasteiger charge is 2.14. The summed E-state index contributed by atoms with van der Waals surface area (Å²) in [5, 5.41) is 4.15. The van der Waals surface area contributed by atoms with E-state index in [1.54, 1.807) is 17.8 Å². The van der Waals surface area contributed by atoms with Gasteiger partial charge >= 0.3 is 6.09 Å². The first-order chi connectivity index (χ1) is 9.11. The number of amides is 1. The van der Waals surface area contributed by atoms with Crippen molar-refractivity contribution in [3.8, 4) is 5.69 Å². The van der Waals surface area contributed by atoms with Gasteiger partial charge in [-0.2, -0.15) is 5.10 Å². The summed E-state index contributed by atoms with van der Waals surface area (Å²) in [6.07, 6.45) is 2.31. The van der Waals surface area contributed by atoms with Crippen molar-refractivity contribution in [2.24, 2.45) is 5.73 Å². The van der Waals surface area contributed by atoms with Crippen LogP contribution in [0.2, 0.25) is 0 Å². The molecule has 1 heterocycles. The molecule has 0 aliphatic heterocycles. The average molecular weight is 280 g/mol. The van der Waals surface area contributed by atoms with Gasteiger partial charge in [-0.05, 0) is 36.2 Å². The van der Waals surface area contributed by atoms with Crippen LogP contribution in [0.1, 0.15) is 24.2 Å². The summed E-state index contributed by atoms with van der Waals surface area (Å²) < 4.78 is 6.70. The Bertz CT molecular complexity index is 569. The predicted molar refractivity (Wildman–Crippen MR) is 72.2 cm³/mol. The van der Waals surface area contributed by atoms with Gasteiger partial charge in [-0.3, -0.25) is 0 Å². The molecule has 100 valence electrons. The minimum Gasteiger partial charge on any atom is -0.442 e. The third-order valence-corrected chi connectivity index (χ3v) is 3.06. The van der Waals surface area contributed by atoms with Gasteiger partial charge in [0.25, 0.3) is 0 Å². The number of primary amides is 1. The maximum absolute atomic E-state index is 10.8. The molecule has 0 saturated heterocycles. The summed E-state index contributed by atoms with van der Waals surface area (Å²) in [6, 6.07) is 7.50. The summed E-state index contributed by atoms with van der Waals surface area (Å²) in [4.78, 5) is 10.8. The Morgan fingerprint density at radius 3 is 2.95 bits per heavy atom. The van der Waals surface area contributed by atoms with E-state index in [1.165, 1.54) is 0 Å². The SMILES string of the molecule is CC(OC(N)=O)c1ccc(-n2cccn2)cc1CCl. The van der Waals surface area contributed by atoms with Gasteiger partial charge in [-0.25, -0.2) is 9.48 Å². The summed E-state index contributed by atoms with van der Waals surface area (Å²) in [7, 11) is 0. The zero-order valence-electron chi connectivity index (χ0n) is 10.4. The molecular formula is C13H14ClN3O2. The highest BCUT2D eigenvalue weighted by Crippen LogP contribution is 2.25. The number of halogens is 1. The summed E-state index contributed by atoms with van der Waals surface area (Å²) in [6.45, 7) is 1.75. The van der Waals surface area contributed by atoms with Crippen LogP contribution in [0.15, 0.2) is 36.7 Å². The van der Waals surface area contributed by atoms with E-state index in [4.69, 9.17) is 22.1 Å². The fourth-order valence-corrected chi connectivity index (χ4v) is 2.14. The second-order valence-electron chi connectivity index (χ2n) is 4.05. The Morgan fingerprint density at radius 2 is 2.37 bits per heavy atom. The van der Waals surface area contributed by atoms with Gasteiger partial charge in [-0.15, -0.1) is 11.6 Å². The number of hydrogen-bond acceptors (Lipinski definition) is 3. The minimum atomic E-state index is -0.802. The van der Waals surface area contributed by atoms with E-state index in [1.807, 2.05) is 30.5 Å². The maximum atomic E-state index is 10.8. The molecule has 19 heavy (non-hydrogen) atoms. The lowest BCUT2D eigenvalue weighted by atomic mass is 10.0. The second-order valence-corrected chi connectivity index (χ2v) is 4.31. The van der Waals surface area contributed by atoms with Crippen LogP contribution in [-0.4, -0.2) is 15.9 Å². The molecule has 0 radical (unpaired) electrons. The number of carbonyl (C=O) groups is 1. The molecule has 0 aliphatic rings. The largest absolute Gasteiger partial charge is 0.442 e. The van der Waals surface area contributed by atoms with Gasteiger partial charge in [0.2, 0.25) is 0 Å². The monoisotopic (exact) mass is 279 g/mol. The number of benzene rings is 1. The first-order valence-electron chi connectivity index (χ1n) is 5.76. The molecule has 2 rings (SSSR count). The van der Waals surface area contributed by atoms with Crippen molar-refractivity contribution < 1.29 is 9.53 Å². The van der Waals surface area contributed by atoms with Crippen LogP contribution in [0.4, 0.5) is 4.79 Å². The topological polar surface area (TPSA) is 70.1 Å². The number of carbonyl (C=O) groups excluding carboxylic acids is 1. The van der Waals surface area contributed by atoms with E-state index in [0.717, 1.165) is 16.8 Å². The van der Waals surface area contributed by atoms with Crippen molar-refractivity contribution in [3.63, 3.8) is 0 Å². The molecule has 2 aromatic rings. The molecule has 1 atom stereocenters. The number of nitrogens with zero attached hydrogens (tertiary/aromatic N) is 2. The summed E-state index contributed by atoms with van der Waals surface area (Å²) >= 11 is 5.94. The van der Waals surface area contributed by atoms with Crippen LogP contribution in [0, 0.1) is 0 Å². The van der Waals surface area contributed by atoms with Gasteiger partial charge in [0, 0.05) is 18.3 Å². The van der Waals surface area contributed by atoms with Crippen molar-refractivity contribution in [2.75, 3.05) is 0 Å². The van der Waals surface area contributed by atoms with Crippen LogP contribution in [0.5, 0.6) is 0 Å². The highest BCUT2D eigenvalue weighted by atomic mass is 35.5. The van der Waals surface area contributed by atoms with Crippen molar-refractivity contribution in [1.29, 1.82) is 0 Å². The lowest BCUT2D eigenvalue weighted by molar-refractivity contribution is 0.116. The van der Waals surface area contributed by atoms with E-state index < -0.39 is 12.2 Å². The van der Waals surface area contributed by atoms with E-state index in [-0.39, 0.29) is 0 Å². The van der Waals surface area contributed by atoms with Crippen molar-refractivity contribution >= 4 is 17.7 Å². The molecule has 1 amide bonds. The Labute approximate surface area is 115 Å². The van der Waals surface area contributed by atoms with Gasteiger partial charge in [0.05, 0.1) is 5.69 Å². The first-order valence-corrected chi connectivity index (χ1v) is 6.30. The highest BCUT2D eigenvalue weighted by molar-refractivity contribution is 6.17. The number of hydrogen-bond donors (Lipinski definition) is 1. The Hall–Kier alpha value is -2.01. The van der Waals surface area contributed by atoms with Crippen molar-refractivity contribution in [1.82, 2.24) is 9.78 Å². The molecule has 0 fully saturated rings. The molecule has 6 heteroatoms. The maximum Gasteiger partial charge on any atom is 0.405 e. The normalized spacial score (nSPS) is 12.1. The van der Waals surface area contributed by atoms with Crippen LogP contribution >= 0.6 is 11.6 Å². The molecular weight excluding hydrogens is 266 g/mol. The molecule has 1 aromatic carbocycles. The first kappa shape index (κ1) is 13.4. The Balaban J connectivity index is 2.34. The molecule has 0 saturated carbocycles. The quantitative estimate of drug-likeness (QED) is 0.875. The zero-order valence-corrected chi connectivity index (χ0v) is 11.2. The number of nitrogens with two attached hydrogens (primary N) is 1. The molecule has 1 aromatic heterocycles. The lowest BCUT2D eigenvalue weighted by Crippen LogP contribution is -2.16. The lowest BCUT2D eigenvalue weighted by Gasteiger charge is -2.16. The number of aromatic nitrogens is 2. The van der Waals surface area contributed by atoms with Gasteiger partial charge in [-0.1, -0.05) is 6.07 Å². The zero-order chi connectivity index (χ0) is 13.8. The number of ether oxygens (including phenoxy) is 1. The fourth-order valence-electron chi connectivity index (χ4n) is 1.91. The molecule has 0 aliphatic carbocycles. The van der Waals surface area contributed by atoms with E-state index in [9.17, 15) is 4.79 Å². The smallest absolute Gasteiger partial charge is 0.405 e. The minimum absolute atomic E-state index is 0.316. The molecule has 5 nitrogen and oxygen atoms in total. The second kappa shape index (κ2) is 5.75. The van der Waals surface area contributed by atoms with Crippen LogP contribution in [-0.2, 0) is 10.6 Å². The van der Waals surface area contributed by atoms with E-state index >= 15 is 0 Å². The number of alkyl halides is 1. The fraction of sp³-hybridized carbons (Fsp3) is 0.231. The van der Waals surface area contributed by atoms with Crippen LogP contribution in [0.3, 0.4) is 0 Å². The Kier molecular flexibility index (Phi) is 4.06. The third-order valence-electron chi connectivity index (χ3n) is 2.77. The van der Waals surface area contributed by atoms with Gasteiger partial charge < -0.3 is 10.5 Å². The summed E-state index contributed by atoms with van der Waals surface area (Å²) in [5.41, 5.74) is 7.64. The Morgan fingerprint density at radius 1 is 1.58 bits per heavy atom. The van der Waals surface area contributed by atoms with Gasteiger partial charge in [0.1, 0.15) is 6.10 Å². The third kappa shape index (κ3) is 3.06. The van der Waals surface area contributed by atoms with Gasteiger partial charge in [0.15, 0.2) is 0 Å². The molecule has 1 unspecified atom stereocenters. The average Bonchev–Trinajstić information content (AvgIpc) is 2.91. The standard InChI is InChI=1S/C13H14ClN3O2/c1-9(19-13(15)18)12-4-3-11(7-10(12)8-14)17-6-2-5-16-17/h2-7,9H,8H2,1H3,(H2,15,18). The predicted octanol–water partition coefficient (Wildman–Crippen LogP) is 2.77. The van der Waals surface area contributed by atoms with Crippen molar-refractivity contribution in [3.05, 3.63) is 47.8 Å². The van der Waals surface area contributed by atoms with Crippen LogP contribution < -0.4 is 5.73 Å². The summed E-state index contributed by atoms with van der Waals surface area (Å²) in [5.74, 6) is 0.316. The number of rotatable bonds is 4. The van der Waals surface area contributed by atoms with E-state index in [2.05, 4.69) is 5.10 Å². The van der Waals surface area contributed by atoms with Crippen LogP contribution in [0.25, 0.3) is 5.69 Å². The molecule has 2 N–H and O–H groups in total. The van der Waals surface area contributed by atoms with E-state index in [0.29, 0.717) is 5.88 Å². The van der Waals surface area contributed by atoms with Crippen molar-refractivity contribution in [2.45, 2.75) is 18.9 Å².